The summed E-state index contributed by atoms with van der Waals surface area (Å²) in [4.78, 5) is 15.7. The topological polar surface area (TPSA) is 55.5 Å². The van der Waals surface area contributed by atoms with Crippen molar-refractivity contribution in [3.05, 3.63) is 66.4 Å². The lowest BCUT2D eigenvalue weighted by atomic mass is 10.0. The number of hydrogen-bond donors (Lipinski definition) is 0. The molecule has 0 atom stereocenters. The van der Waals surface area contributed by atoms with Crippen LogP contribution in [0.25, 0.3) is 16.9 Å². The van der Waals surface area contributed by atoms with Gasteiger partial charge in [-0.25, -0.2) is 9.97 Å². The first-order chi connectivity index (χ1) is 14.7. The van der Waals surface area contributed by atoms with Crippen molar-refractivity contribution in [1.82, 2.24) is 19.4 Å². The van der Waals surface area contributed by atoms with Crippen molar-refractivity contribution in [1.29, 1.82) is 0 Å². The maximum absolute atomic E-state index is 6.11. The lowest BCUT2D eigenvalue weighted by molar-refractivity contribution is 0.462. The van der Waals surface area contributed by atoms with Gasteiger partial charge in [0.05, 0.1) is 17.6 Å². The Hall–Kier alpha value is -3.41. The van der Waals surface area contributed by atoms with Gasteiger partial charge < -0.3 is 9.64 Å². The van der Waals surface area contributed by atoms with E-state index in [4.69, 9.17) is 4.74 Å². The van der Waals surface area contributed by atoms with Gasteiger partial charge in [0, 0.05) is 49.0 Å². The molecule has 0 saturated carbocycles. The van der Waals surface area contributed by atoms with Crippen LogP contribution < -0.4 is 9.64 Å². The summed E-state index contributed by atoms with van der Waals surface area (Å²) in [7, 11) is 0. The first-order valence-electron chi connectivity index (χ1n) is 10.5. The number of fused-ring (bicyclic) bond motifs is 1. The normalized spacial score (nSPS) is 14.3. The van der Waals surface area contributed by atoms with Crippen LogP contribution in [0.1, 0.15) is 30.5 Å². The number of rotatable bonds is 4. The Morgan fingerprint density at radius 2 is 1.77 bits per heavy atom. The zero-order chi connectivity index (χ0) is 20.5. The van der Waals surface area contributed by atoms with Gasteiger partial charge in [0.25, 0.3) is 0 Å². The largest absolute Gasteiger partial charge is 0.439 e. The molecule has 0 radical (unpaired) electrons. The monoisotopic (exact) mass is 399 g/mol. The molecule has 4 aromatic rings. The van der Waals surface area contributed by atoms with Crippen molar-refractivity contribution in [3.8, 4) is 22.9 Å². The molecule has 6 nitrogen and oxygen atoms in total. The molecule has 1 aliphatic heterocycles. The molecule has 1 fully saturated rings. The molecular weight excluding hydrogens is 374 g/mol. The summed E-state index contributed by atoms with van der Waals surface area (Å²) in [5.74, 6) is 1.41. The summed E-state index contributed by atoms with van der Waals surface area (Å²) < 4.78 is 8.19. The molecule has 0 N–H and O–H groups in total. The number of pyridine rings is 1. The third-order valence-corrected chi connectivity index (χ3v) is 5.74. The molecule has 152 valence electrons. The zero-order valence-electron chi connectivity index (χ0n) is 17.4. The van der Waals surface area contributed by atoms with E-state index in [-0.39, 0.29) is 0 Å². The van der Waals surface area contributed by atoms with Crippen LogP contribution in [0, 0.1) is 13.8 Å². The first-order valence-corrected chi connectivity index (χ1v) is 10.5. The van der Waals surface area contributed by atoms with Crippen LogP contribution in [0.15, 0.2) is 55.1 Å². The molecule has 1 aliphatic rings. The molecule has 0 bridgehead atoms. The van der Waals surface area contributed by atoms with Gasteiger partial charge in [-0.2, -0.15) is 0 Å². The van der Waals surface area contributed by atoms with Crippen molar-refractivity contribution < 1.29 is 4.74 Å². The SMILES string of the molecule is Cc1cc(Oc2cc(N3CCCCC3)ccn2)ccc1-c1c(C)ncc2nccn12. The highest BCUT2D eigenvalue weighted by Crippen LogP contribution is 2.31. The summed E-state index contributed by atoms with van der Waals surface area (Å²) in [5, 5.41) is 0. The minimum absolute atomic E-state index is 0.625. The standard InChI is InChI=1S/C24H25N5O/c1-17-14-20(30-23-15-19(8-9-26-23)28-11-4-3-5-12-28)6-7-21(17)24-18(2)27-16-22-25-10-13-29(22)24/h6-10,13-16H,3-5,11-12H2,1-2H3. The number of benzene rings is 1. The Labute approximate surface area is 176 Å². The fraction of sp³-hybridized carbons (Fsp3) is 0.292. The van der Waals surface area contributed by atoms with Gasteiger partial charge >= 0.3 is 0 Å². The smallest absolute Gasteiger partial charge is 0.221 e. The second-order valence-electron chi connectivity index (χ2n) is 7.83. The van der Waals surface area contributed by atoms with Crippen LogP contribution in [0.4, 0.5) is 5.69 Å². The van der Waals surface area contributed by atoms with Crippen LogP contribution in [0.2, 0.25) is 0 Å². The summed E-state index contributed by atoms with van der Waals surface area (Å²) in [6, 6.07) is 10.2. The number of nitrogens with zero attached hydrogens (tertiary/aromatic N) is 5. The maximum atomic E-state index is 6.11. The second-order valence-corrected chi connectivity index (χ2v) is 7.83. The molecule has 1 aromatic carbocycles. The lowest BCUT2D eigenvalue weighted by Gasteiger charge is -2.28. The molecule has 6 heteroatoms. The number of anilines is 1. The third-order valence-electron chi connectivity index (χ3n) is 5.74. The van der Waals surface area contributed by atoms with E-state index in [1.54, 1.807) is 12.4 Å². The minimum atomic E-state index is 0.625. The van der Waals surface area contributed by atoms with Crippen molar-refractivity contribution in [2.75, 3.05) is 18.0 Å². The van der Waals surface area contributed by atoms with E-state index in [9.17, 15) is 0 Å². The van der Waals surface area contributed by atoms with E-state index in [0.717, 1.165) is 47.0 Å². The zero-order valence-corrected chi connectivity index (χ0v) is 17.4. The molecule has 0 unspecified atom stereocenters. The number of ether oxygens (including phenoxy) is 1. The van der Waals surface area contributed by atoms with E-state index in [1.807, 2.05) is 31.5 Å². The number of piperidine rings is 1. The highest BCUT2D eigenvalue weighted by Gasteiger charge is 2.14. The minimum Gasteiger partial charge on any atom is -0.439 e. The number of imidazole rings is 1. The van der Waals surface area contributed by atoms with Crippen LogP contribution in [-0.2, 0) is 0 Å². The van der Waals surface area contributed by atoms with Gasteiger partial charge in [-0.1, -0.05) is 0 Å². The quantitative estimate of drug-likeness (QED) is 0.473. The molecule has 0 aliphatic carbocycles. The van der Waals surface area contributed by atoms with Gasteiger partial charge in [0.15, 0.2) is 5.65 Å². The molecular formula is C24H25N5O. The predicted molar refractivity (Wildman–Crippen MR) is 118 cm³/mol. The average Bonchev–Trinajstić information content (AvgIpc) is 3.24. The molecule has 5 rings (SSSR count). The van der Waals surface area contributed by atoms with E-state index < -0.39 is 0 Å². The van der Waals surface area contributed by atoms with Gasteiger partial charge in [0.1, 0.15) is 5.75 Å². The Morgan fingerprint density at radius 3 is 2.60 bits per heavy atom. The molecule has 0 spiro atoms. The molecule has 1 saturated heterocycles. The van der Waals surface area contributed by atoms with E-state index in [0.29, 0.717) is 5.88 Å². The van der Waals surface area contributed by atoms with Crippen LogP contribution in [0.5, 0.6) is 11.6 Å². The third kappa shape index (κ3) is 3.49. The van der Waals surface area contributed by atoms with Crippen molar-refractivity contribution >= 4 is 11.3 Å². The number of aromatic nitrogens is 4. The van der Waals surface area contributed by atoms with Crippen molar-refractivity contribution in [2.45, 2.75) is 33.1 Å². The van der Waals surface area contributed by atoms with Gasteiger partial charge in [0.2, 0.25) is 5.88 Å². The van der Waals surface area contributed by atoms with Crippen molar-refractivity contribution in [2.24, 2.45) is 0 Å². The van der Waals surface area contributed by atoms with Crippen LogP contribution in [0.3, 0.4) is 0 Å². The Bertz CT molecular complexity index is 1190. The van der Waals surface area contributed by atoms with Crippen LogP contribution >= 0.6 is 0 Å². The Kier molecular flexibility index (Phi) is 4.83. The Balaban J connectivity index is 1.43. The molecule has 0 amide bonds. The predicted octanol–water partition coefficient (Wildman–Crippen LogP) is 5.19. The molecule has 4 heterocycles. The number of aryl methyl sites for hydroxylation is 2. The van der Waals surface area contributed by atoms with Gasteiger partial charge in [-0.3, -0.25) is 9.38 Å². The summed E-state index contributed by atoms with van der Waals surface area (Å²) >= 11 is 0. The summed E-state index contributed by atoms with van der Waals surface area (Å²) in [6.45, 7) is 6.32. The number of hydrogen-bond acceptors (Lipinski definition) is 5. The van der Waals surface area contributed by atoms with Crippen molar-refractivity contribution in [3.63, 3.8) is 0 Å². The summed E-state index contributed by atoms with van der Waals surface area (Å²) in [5.41, 5.74) is 6.28. The fourth-order valence-electron chi connectivity index (χ4n) is 4.20. The van der Waals surface area contributed by atoms with E-state index in [2.05, 4.69) is 49.4 Å². The highest BCUT2D eigenvalue weighted by molar-refractivity contribution is 5.69. The Morgan fingerprint density at radius 1 is 0.900 bits per heavy atom. The second kappa shape index (κ2) is 7.78. The first kappa shape index (κ1) is 18.6. The van der Waals surface area contributed by atoms with Gasteiger partial charge in [-0.05, 0) is 62.9 Å². The maximum Gasteiger partial charge on any atom is 0.221 e. The average molecular weight is 399 g/mol. The van der Waals surface area contributed by atoms with E-state index in [1.165, 1.54) is 24.9 Å². The molecule has 30 heavy (non-hydrogen) atoms. The van der Waals surface area contributed by atoms with Crippen LogP contribution in [-0.4, -0.2) is 32.4 Å². The van der Waals surface area contributed by atoms with E-state index >= 15 is 0 Å². The van der Waals surface area contributed by atoms with Gasteiger partial charge in [-0.15, -0.1) is 0 Å². The fourth-order valence-corrected chi connectivity index (χ4v) is 4.20. The lowest BCUT2D eigenvalue weighted by Crippen LogP contribution is -2.29. The summed E-state index contributed by atoms with van der Waals surface area (Å²) in [6.07, 6.45) is 11.2. The highest BCUT2D eigenvalue weighted by atomic mass is 16.5. The molecule has 3 aromatic heterocycles.